The molecule has 0 unspecified atom stereocenters. The molecule has 1 aliphatic heterocycles. The number of ether oxygens (including phenoxy) is 1. The van der Waals surface area contributed by atoms with Gasteiger partial charge in [-0.15, -0.1) is 0 Å². The molecular weight excluding hydrogens is 470 g/mol. The van der Waals surface area contributed by atoms with Crippen LogP contribution in [0, 0.1) is 18.6 Å². The second-order valence-corrected chi connectivity index (χ2v) is 9.72. The maximum atomic E-state index is 13.4. The summed E-state index contributed by atoms with van der Waals surface area (Å²) in [6.07, 6.45) is 0. The van der Waals surface area contributed by atoms with Crippen molar-refractivity contribution in [2.45, 2.75) is 11.8 Å². The fraction of sp³-hybridized carbons (Fsp3) is 0.364. The second kappa shape index (κ2) is 10.9. The Morgan fingerprint density at radius 2 is 1.71 bits per heavy atom. The van der Waals surface area contributed by atoms with Gasteiger partial charge in [-0.25, -0.2) is 17.2 Å². The number of hydrogen-bond acceptors (Lipinski definition) is 6. The van der Waals surface area contributed by atoms with Gasteiger partial charge in [0.1, 0.15) is 5.75 Å². The minimum Gasteiger partial charge on any atom is -0.495 e. The number of carbonyl (C=O) groups is 2. The van der Waals surface area contributed by atoms with Crippen LogP contribution in [0.3, 0.4) is 0 Å². The molecule has 0 radical (unpaired) electrons. The first-order chi connectivity index (χ1) is 16.1. The number of piperazine rings is 1. The van der Waals surface area contributed by atoms with Crippen LogP contribution >= 0.6 is 0 Å². The van der Waals surface area contributed by atoms with Crippen molar-refractivity contribution >= 4 is 27.5 Å². The molecule has 3 rings (SSSR count). The van der Waals surface area contributed by atoms with Gasteiger partial charge in [-0.05, 0) is 42.8 Å². The maximum absolute atomic E-state index is 13.4. The average molecular weight is 497 g/mol. The molecule has 2 aromatic rings. The summed E-state index contributed by atoms with van der Waals surface area (Å²) in [4.78, 5) is 25.9. The number of benzene rings is 2. The van der Waals surface area contributed by atoms with Gasteiger partial charge in [0, 0.05) is 26.2 Å². The Morgan fingerprint density at radius 3 is 2.35 bits per heavy atom. The lowest BCUT2D eigenvalue weighted by Crippen LogP contribution is -2.51. The van der Waals surface area contributed by atoms with Crippen LogP contribution in [-0.4, -0.2) is 75.8 Å². The highest BCUT2D eigenvalue weighted by molar-refractivity contribution is 7.89. The summed E-state index contributed by atoms with van der Waals surface area (Å²) >= 11 is 0. The zero-order valence-corrected chi connectivity index (χ0v) is 19.6. The van der Waals surface area contributed by atoms with Gasteiger partial charge in [0.2, 0.25) is 21.8 Å². The average Bonchev–Trinajstić information content (AvgIpc) is 2.80. The fourth-order valence-corrected chi connectivity index (χ4v) is 4.90. The maximum Gasteiger partial charge on any atom is 0.243 e. The first-order valence-corrected chi connectivity index (χ1v) is 11.9. The molecule has 1 saturated heterocycles. The highest BCUT2D eigenvalue weighted by Crippen LogP contribution is 2.25. The van der Waals surface area contributed by atoms with Gasteiger partial charge >= 0.3 is 0 Å². The number of sulfonamides is 1. The van der Waals surface area contributed by atoms with Crippen LogP contribution in [0.1, 0.15) is 5.56 Å². The van der Waals surface area contributed by atoms with Crippen molar-refractivity contribution in [3.63, 3.8) is 0 Å². The van der Waals surface area contributed by atoms with Crippen LogP contribution < -0.4 is 15.4 Å². The number of rotatable bonds is 8. The second-order valence-electron chi connectivity index (χ2n) is 7.78. The van der Waals surface area contributed by atoms with Crippen LogP contribution in [0.15, 0.2) is 41.3 Å². The molecule has 2 N–H and O–H groups in total. The van der Waals surface area contributed by atoms with E-state index in [1.807, 2.05) is 13.0 Å². The number of nitrogens with one attached hydrogen (secondary N) is 2. The van der Waals surface area contributed by atoms with Crippen molar-refractivity contribution in [3.8, 4) is 5.75 Å². The van der Waals surface area contributed by atoms with E-state index in [1.165, 1.54) is 7.11 Å². The molecule has 0 saturated carbocycles. The van der Waals surface area contributed by atoms with E-state index in [0.717, 1.165) is 22.0 Å². The Hall–Kier alpha value is -3.09. The molecule has 0 atom stereocenters. The first-order valence-electron chi connectivity index (χ1n) is 10.5. The summed E-state index contributed by atoms with van der Waals surface area (Å²) in [5.74, 6) is -2.66. The van der Waals surface area contributed by atoms with Crippen molar-refractivity contribution in [1.82, 2.24) is 14.5 Å². The van der Waals surface area contributed by atoms with Gasteiger partial charge in [0.15, 0.2) is 11.6 Å². The highest BCUT2D eigenvalue weighted by atomic mass is 32.2. The van der Waals surface area contributed by atoms with Crippen LogP contribution in [0.2, 0.25) is 0 Å². The van der Waals surface area contributed by atoms with Crippen molar-refractivity contribution in [1.29, 1.82) is 0 Å². The Bertz CT molecular complexity index is 1170. The van der Waals surface area contributed by atoms with Crippen molar-refractivity contribution in [3.05, 3.63) is 53.6 Å². The van der Waals surface area contributed by atoms with E-state index in [2.05, 4.69) is 10.6 Å². The van der Waals surface area contributed by atoms with Gasteiger partial charge in [0.05, 0.1) is 30.8 Å². The molecule has 34 heavy (non-hydrogen) atoms. The van der Waals surface area contributed by atoms with Gasteiger partial charge < -0.3 is 15.4 Å². The standard InChI is InChI=1S/C22H26F2N4O5S/c1-15-3-6-20(33-2)19(11-15)26-21(29)13-25-22(30)14-27-7-9-28(10-8-27)34(31,32)16-4-5-17(23)18(24)12-16/h3-6,11-12H,7-10,13-14H2,1-2H3,(H,25,30)(H,26,29). The van der Waals surface area contributed by atoms with Gasteiger partial charge in [-0.3, -0.25) is 14.5 Å². The number of amides is 2. The predicted octanol–water partition coefficient (Wildman–Crippen LogP) is 1.34. The van der Waals surface area contributed by atoms with E-state index in [0.29, 0.717) is 17.5 Å². The summed E-state index contributed by atoms with van der Waals surface area (Å²) < 4.78 is 58.2. The third-order valence-electron chi connectivity index (χ3n) is 5.30. The molecule has 2 amide bonds. The third-order valence-corrected chi connectivity index (χ3v) is 7.20. The number of nitrogens with zero attached hydrogens (tertiary/aromatic N) is 2. The lowest BCUT2D eigenvalue weighted by molar-refractivity contribution is -0.125. The van der Waals surface area contributed by atoms with Crippen molar-refractivity contribution in [2.75, 3.05) is 51.7 Å². The van der Waals surface area contributed by atoms with Gasteiger partial charge in [-0.1, -0.05) is 6.07 Å². The smallest absolute Gasteiger partial charge is 0.243 e. The lowest BCUT2D eigenvalue weighted by Gasteiger charge is -2.33. The first kappa shape index (κ1) is 25.5. The predicted molar refractivity (Wildman–Crippen MR) is 121 cm³/mol. The largest absolute Gasteiger partial charge is 0.495 e. The molecule has 12 heteroatoms. The molecule has 1 heterocycles. The summed E-state index contributed by atoms with van der Waals surface area (Å²) in [6, 6.07) is 7.78. The highest BCUT2D eigenvalue weighted by Gasteiger charge is 2.29. The molecule has 0 bridgehead atoms. The molecule has 1 fully saturated rings. The van der Waals surface area contributed by atoms with E-state index in [-0.39, 0.29) is 50.1 Å². The molecule has 9 nitrogen and oxygen atoms in total. The summed E-state index contributed by atoms with van der Waals surface area (Å²) in [5.41, 5.74) is 1.44. The lowest BCUT2D eigenvalue weighted by atomic mass is 10.2. The van der Waals surface area contributed by atoms with E-state index < -0.39 is 27.6 Å². The molecule has 0 spiro atoms. The Kier molecular flexibility index (Phi) is 8.18. The van der Waals surface area contributed by atoms with Crippen molar-refractivity contribution < 1.29 is 31.5 Å². The number of anilines is 1. The monoisotopic (exact) mass is 496 g/mol. The van der Waals surface area contributed by atoms with E-state index in [1.54, 1.807) is 17.0 Å². The zero-order valence-electron chi connectivity index (χ0n) is 18.8. The van der Waals surface area contributed by atoms with Crippen LogP contribution in [0.25, 0.3) is 0 Å². The number of halogens is 2. The Morgan fingerprint density at radius 1 is 1.00 bits per heavy atom. The normalized spacial score (nSPS) is 15.1. The number of methoxy groups -OCH3 is 1. The van der Waals surface area contributed by atoms with E-state index >= 15 is 0 Å². The number of hydrogen-bond donors (Lipinski definition) is 2. The third kappa shape index (κ3) is 6.27. The molecule has 1 aliphatic rings. The van der Waals surface area contributed by atoms with E-state index in [4.69, 9.17) is 4.74 Å². The van der Waals surface area contributed by atoms with Crippen LogP contribution in [0.5, 0.6) is 5.75 Å². The SMILES string of the molecule is COc1ccc(C)cc1NC(=O)CNC(=O)CN1CCN(S(=O)(=O)c2ccc(F)c(F)c2)CC1. The summed E-state index contributed by atoms with van der Waals surface area (Å²) in [7, 11) is -2.49. The quantitative estimate of drug-likeness (QED) is 0.571. The summed E-state index contributed by atoms with van der Waals surface area (Å²) in [6.45, 7) is 2.33. The molecule has 2 aromatic carbocycles. The van der Waals surface area contributed by atoms with Crippen LogP contribution in [-0.2, 0) is 19.6 Å². The number of carbonyl (C=O) groups excluding carboxylic acids is 2. The molecular formula is C22H26F2N4O5S. The topological polar surface area (TPSA) is 108 Å². The molecule has 184 valence electrons. The van der Waals surface area contributed by atoms with Gasteiger partial charge in [0.25, 0.3) is 0 Å². The van der Waals surface area contributed by atoms with E-state index in [9.17, 15) is 26.8 Å². The Labute approximate surface area is 196 Å². The fourth-order valence-electron chi connectivity index (χ4n) is 3.47. The van der Waals surface area contributed by atoms with Gasteiger partial charge in [-0.2, -0.15) is 4.31 Å². The summed E-state index contributed by atoms with van der Waals surface area (Å²) in [5, 5.41) is 5.23. The van der Waals surface area contributed by atoms with Crippen LogP contribution in [0.4, 0.5) is 14.5 Å². The Balaban J connectivity index is 1.46. The van der Waals surface area contributed by atoms with Crippen molar-refractivity contribution in [2.24, 2.45) is 0 Å². The zero-order chi connectivity index (χ0) is 24.9. The molecule has 0 aromatic heterocycles. The molecule has 0 aliphatic carbocycles. The number of aryl methyl sites for hydroxylation is 1. The minimum absolute atomic E-state index is 0.0138. The minimum atomic E-state index is -3.98.